The topological polar surface area (TPSA) is 89.8 Å². The highest BCUT2D eigenvalue weighted by atomic mass is 32.1. The number of hydrogen-bond acceptors (Lipinski definition) is 6. The molecule has 7 nitrogen and oxygen atoms in total. The third-order valence-electron chi connectivity index (χ3n) is 2.91. The van der Waals surface area contributed by atoms with Gasteiger partial charge in [-0.3, -0.25) is 14.9 Å². The molecular formula is C12H12N2O5S. The lowest BCUT2D eigenvalue weighted by Crippen LogP contribution is -2.34. The van der Waals surface area contributed by atoms with Crippen molar-refractivity contribution in [3.05, 3.63) is 39.9 Å². The summed E-state index contributed by atoms with van der Waals surface area (Å²) in [6, 6.07) is 5.65. The minimum Gasteiger partial charge on any atom is -0.444 e. The number of nitro groups is 1. The Labute approximate surface area is 120 Å². The van der Waals surface area contributed by atoms with Gasteiger partial charge in [0.25, 0.3) is 5.69 Å². The van der Waals surface area contributed by atoms with Crippen molar-refractivity contribution in [3.8, 4) is 0 Å². The molecule has 0 N–H and O–H groups in total. The molecule has 106 valence electrons. The van der Waals surface area contributed by atoms with Crippen LogP contribution in [0.25, 0.3) is 0 Å². The molecular weight excluding hydrogens is 284 g/mol. The monoisotopic (exact) mass is 296 g/mol. The van der Waals surface area contributed by atoms with Gasteiger partial charge in [-0.2, -0.15) is 12.6 Å². The zero-order valence-electron chi connectivity index (χ0n) is 10.4. The van der Waals surface area contributed by atoms with Gasteiger partial charge in [0, 0.05) is 18.7 Å². The standard InChI is InChI=1S/C12H12N2O5S/c15-11-10(20)5-6-13(11)12(16)19-7-8-1-3-9(4-2-8)14(17)18/h1-4,10,20H,5-7H2. The van der Waals surface area contributed by atoms with E-state index >= 15 is 0 Å². The third-order valence-corrected chi connectivity index (χ3v) is 3.39. The second kappa shape index (κ2) is 5.91. The van der Waals surface area contributed by atoms with Gasteiger partial charge in [0.2, 0.25) is 5.91 Å². The predicted octanol–water partition coefficient (Wildman–Crippen LogP) is 1.76. The summed E-state index contributed by atoms with van der Waals surface area (Å²) >= 11 is 4.05. The lowest BCUT2D eigenvalue weighted by Gasteiger charge is -2.13. The number of rotatable bonds is 3. The van der Waals surface area contributed by atoms with Crippen molar-refractivity contribution in [1.82, 2.24) is 4.90 Å². The fourth-order valence-electron chi connectivity index (χ4n) is 1.78. The van der Waals surface area contributed by atoms with E-state index in [1.165, 1.54) is 24.3 Å². The van der Waals surface area contributed by atoms with Gasteiger partial charge in [-0.1, -0.05) is 0 Å². The zero-order valence-corrected chi connectivity index (χ0v) is 11.3. The molecule has 0 saturated carbocycles. The summed E-state index contributed by atoms with van der Waals surface area (Å²) in [5.74, 6) is -0.359. The molecule has 1 heterocycles. The number of hydrogen-bond donors (Lipinski definition) is 1. The highest BCUT2D eigenvalue weighted by Gasteiger charge is 2.34. The van der Waals surface area contributed by atoms with Crippen molar-refractivity contribution in [2.45, 2.75) is 18.3 Å². The first kappa shape index (κ1) is 14.3. The van der Waals surface area contributed by atoms with Crippen molar-refractivity contribution in [1.29, 1.82) is 0 Å². The fraction of sp³-hybridized carbons (Fsp3) is 0.333. The Morgan fingerprint density at radius 1 is 1.45 bits per heavy atom. The summed E-state index contributed by atoms with van der Waals surface area (Å²) < 4.78 is 4.99. The van der Waals surface area contributed by atoms with Gasteiger partial charge in [-0.05, 0) is 24.1 Å². The fourth-order valence-corrected chi connectivity index (χ4v) is 2.04. The van der Waals surface area contributed by atoms with Crippen molar-refractivity contribution in [3.63, 3.8) is 0 Å². The summed E-state index contributed by atoms with van der Waals surface area (Å²) in [6.45, 7) is 0.254. The van der Waals surface area contributed by atoms with Crippen LogP contribution < -0.4 is 0 Å². The van der Waals surface area contributed by atoms with Crippen LogP contribution in [0.15, 0.2) is 24.3 Å². The van der Waals surface area contributed by atoms with Gasteiger partial charge in [-0.25, -0.2) is 9.69 Å². The maximum absolute atomic E-state index is 11.7. The van der Waals surface area contributed by atoms with Gasteiger partial charge >= 0.3 is 6.09 Å². The normalized spacial score (nSPS) is 18.1. The van der Waals surface area contributed by atoms with Crippen LogP contribution in [0.3, 0.4) is 0 Å². The van der Waals surface area contributed by atoms with E-state index in [-0.39, 0.29) is 18.2 Å². The van der Waals surface area contributed by atoms with Crippen LogP contribution in [0.4, 0.5) is 10.5 Å². The van der Waals surface area contributed by atoms with Gasteiger partial charge in [0.05, 0.1) is 10.2 Å². The van der Waals surface area contributed by atoms with Crippen LogP contribution in [0.5, 0.6) is 0 Å². The number of ether oxygens (including phenoxy) is 1. The van der Waals surface area contributed by atoms with E-state index in [1.807, 2.05) is 0 Å². The molecule has 1 aromatic rings. The summed E-state index contributed by atoms with van der Waals surface area (Å²) in [5, 5.41) is 10.0. The second-order valence-corrected chi connectivity index (χ2v) is 4.90. The average Bonchev–Trinajstić information content (AvgIpc) is 2.77. The maximum Gasteiger partial charge on any atom is 0.416 e. The molecule has 1 aliphatic rings. The molecule has 1 aromatic carbocycles. The molecule has 1 unspecified atom stereocenters. The molecule has 1 aliphatic heterocycles. The van der Waals surface area contributed by atoms with Crippen molar-refractivity contribution < 1.29 is 19.2 Å². The van der Waals surface area contributed by atoms with E-state index in [2.05, 4.69) is 12.6 Å². The van der Waals surface area contributed by atoms with Crippen LogP contribution >= 0.6 is 12.6 Å². The van der Waals surface area contributed by atoms with Crippen LogP contribution in [0.2, 0.25) is 0 Å². The van der Waals surface area contributed by atoms with Gasteiger partial charge in [0.15, 0.2) is 0 Å². The third kappa shape index (κ3) is 3.08. The van der Waals surface area contributed by atoms with Crippen LogP contribution in [0, 0.1) is 10.1 Å². The highest BCUT2D eigenvalue weighted by Crippen LogP contribution is 2.18. The number of nitro benzene ring substituents is 1. The number of benzene rings is 1. The van der Waals surface area contributed by atoms with Crippen LogP contribution in [-0.2, 0) is 16.1 Å². The number of amides is 2. The van der Waals surface area contributed by atoms with Gasteiger partial charge in [-0.15, -0.1) is 0 Å². The van der Waals surface area contributed by atoms with E-state index in [9.17, 15) is 19.7 Å². The molecule has 1 fully saturated rings. The van der Waals surface area contributed by atoms with Crippen LogP contribution in [0.1, 0.15) is 12.0 Å². The molecule has 2 rings (SSSR count). The summed E-state index contributed by atoms with van der Waals surface area (Å²) in [5.41, 5.74) is 0.575. The Kier molecular flexibility index (Phi) is 4.23. The summed E-state index contributed by atoms with van der Waals surface area (Å²) in [6.07, 6.45) is -0.209. The SMILES string of the molecule is O=C(OCc1ccc([N+](=O)[O-])cc1)N1CCC(S)C1=O. The molecule has 0 spiro atoms. The number of carbonyl (C=O) groups is 2. The molecule has 20 heavy (non-hydrogen) atoms. The van der Waals surface area contributed by atoms with Gasteiger partial charge in [0.1, 0.15) is 6.61 Å². The van der Waals surface area contributed by atoms with E-state index in [0.717, 1.165) is 4.90 Å². The Morgan fingerprint density at radius 2 is 2.10 bits per heavy atom. The Hall–Kier alpha value is -2.09. The van der Waals surface area contributed by atoms with E-state index in [0.29, 0.717) is 18.5 Å². The number of carbonyl (C=O) groups excluding carboxylic acids is 2. The molecule has 0 radical (unpaired) electrons. The Bertz CT molecular complexity index is 545. The second-order valence-electron chi connectivity index (χ2n) is 4.27. The van der Waals surface area contributed by atoms with Crippen molar-refractivity contribution >= 4 is 30.3 Å². The molecule has 1 saturated heterocycles. The Balaban J connectivity index is 1.90. The van der Waals surface area contributed by atoms with Crippen molar-refractivity contribution in [2.24, 2.45) is 0 Å². The van der Waals surface area contributed by atoms with Crippen molar-refractivity contribution in [2.75, 3.05) is 6.54 Å². The minimum absolute atomic E-state index is 0.0345. The summed E-state index contributed by atoms with van der Waals surface area (Å²) in [7, 11) is 0. The molecule has 1 atom stereocenters. The van der Waals surface area contributed by atoms with E-state index < -0.39 is 16.3 Å². The number of thiol groups is 1. The molecule has 8 heteroatoms. The summed E-state index contributed by atoms with van der Waals surface area (Å²) in [4.78, 5) is 34.2. The lowest BCUT2D eigenvalue weighted by atomic mass is 10.2. The molecule has 2 amide bonds. The zero-order chi connectivity index (χ0) is 14.7. The number of nitrogens with zero attached hydrogens (tertiary/aromatic N) is 2. The quantitative estimate of drug-likeness (QED) is 0.521. The molecule has 0 aliphatic carbocycles. The first-order chi connectivity index (χ1) is 9.49. The number of likely N-dealkylation sites (tertiary alicyclic amines) is 1. The van der Waals surface area contributed by atoms with Gasteiger partial charge < -0.3 is 4.74 Å². The first-order valence-electron chi connectivity index (χ1n) is 5.88. The Morgan fingerprint density at radius 3 is 2.60 bits per heavy atom. The number of non-ortho nitro benzene ring substituents is 1. The van der Waals surface area contributed by atoms with E-state index in [4.69, 9.17) is 4.74 Å². The predicted molar refractivity (Wildman–Crippen MR) is 72.4 cm³/mol. The molecule has 0 bridgehead atoms. The number of imide groups is 1. The van der Waals surface area contributed by atoms with Crippen LogP contribution in [-0.4, -0.2) is 33.6 Å². The highest BCUT2D eigenvalue weighted by molar-refractivity contribution is 7.81. The minimum atomic E-state index is -0.718. The largest absolute Gasteiger partial charge is 0.444 e. The molecule has 0 aromatic heterocycles. The van der Waals surface area contributed by atoms with E-state index in [1.54, 1.807) is 0 Å². The average molecular weight is 296 g/mol. The smallest absolute Gasteiger partial charge is 0.416 e. The first-order valence-corrected chi connectivity index (χ1v) is 6.40. The lowest BCUT2D eigenvalue weighted by molar-refractivity contribution is -0.384. The maximum atomic E-state index is 11.7.